The third-order valence-electron chi connectivity index (χ3n) is 2.10. The van der Waals surface area contributed by atoms with Crippen molar-refractivity contribution in [2.45, 2.75) is 6.92 Å². The number of rotatable bonds is 3. The number of carboxylic acid groups (broad SMARTS) is 1. The fourth-order valence-corrected chi connectivity index (χ4v) is 1.29. The first-order chi connectivity index (χ1) is 8.56. The van der Waals surface area contributed by atoms with E-state index in [1.807, 2.05) is 0 Å². The maximum atomic E-state index is 11.7. The molecular formula is C11H9N3O4. The molecule has 0 fully saturated rings. The molecule has 2 N–H and O–H groups in total. The van der Waals surface area contributed by atoms with Crippen molar-refractivity contribution in [1.82, 2.24) is 10.1 Å². The van der Waals surface area contributed by atoms with Crippen LogP contribution in [0.1, 0.15) is 26.7 Å². The first-order valence-electron chi connectivity index (χ1n) is 5.00. The average Bonchev–Trinajstić information content (AvgIpc) is 2.76. The van der Waals surface area contributed by atoms with Gasteiger partial charge in [-0.25, -0.2) is 9.78 Å². The van der Waals surface area contributed by atoms with Crippen LogP contribution in [0.25, 0.3) is 0 Å². The lowest BCUT2D eigenvalue weighted by Gasteiger charge is -2.02. The van der Waals surface area contributed by atoms with Gasteiger partial charge in [0.2, 0.25) is 0 Å². The molecule has 0 spiro atoms. The molecule has 0 radical (unpaired) electrons. The van der Waals surface area contributed by atoms with Crippen LogP contribution in [-0.2, 0) is 0 Å². The molecule has 7 heteroatoms. The van der Waals surface area contributed by atoms with Gasteiger partial charge in [-0.1, -0.05) is 5.16 Å². The van der Waals surface area contributed by atoms with Gasteiger partial charge in [0, 0.05) is 18.0 Å². The van der Waals surface area contributed by atoms with Gasteiger partial charge in [-0.15, -0.1) is 0 Å². The third-order valence-corrected chi connectivity index (χ3v) is 2.10. The minimum atomic E-state index is -1.16. The van der Waals surface area contributed by atoms with Crippen molar-refractivity contribution < 1.29 is 19.2 Å². The zero-order valence-corrected chi connectivity index (χ0v) is 9.38. The SMILES string of the molecule is Cc1cc(C(=O)Nc2ccnc(C(=O)O)c2)no1. The predicted octanol–water partition coefficient (Wildman–Crippen LogP) is 1.33. The number of carbonyl (C=O) groups excluding carboxylic acids is 1. The molecule has 2 heterocycles. The van der Waals surface area contributed by atoms with Crippen LogP contribution in [0, 0.1) is 6.92 Å². The number of pyridine rings is 1. The van der Waals surface area contributed by atoms with Crippen LogP contribution >= 0.6 is 0 Å². The van der Waals surface area contributed by atoms with Gasteiger partial charge in [-0.3, -0.25) is 4.79 Å². The molecule has 0 aliphatic heterocycles. The highest BCUT2D eigenvalue weighted by molar-refractivity contribution is 6.03. The van der Waals surface area contributed by atoms with Crippen molar-refractivity contribution in [2.24, 2.45) is 0 Å². The summed E-state index contributed by atoms with van der Waals surface area (Å²) < 4.78 is 4.77. The predicted molar refractivity (Wildman–Crippen MR) is 60.4 cm³/mol. The Hall–Kier alpha value is -2.70. The molecule has 0 saturated carbocycles. The summed E-state index contributed by atoms with van der Waals surface area (Å²) >= 11 is 0. The van der Waals surface area contributed by atoms with Crippen molar-refractivity contribution in [3.8, 4) is 0 Å². The molecule has 2 aromatic heterocycles. The van der Waals surface area contributed by atoms with E-state index in [4.69, 9.17) is 9.63 Å². The molecule has 0 aromatic carbocycles. The summed E-state index contributed by atoms with van der Waals surface area (Å²) in [5.41, 5.74) is 0.304. The van der Waals surface area contributed by atoms with Gasteiger partial charge in [0.25, 0.3) is 5.91 Å². The number of anilines is 1. The Morgan fingerprint density at radius 3 is 2.72 bits per heavy atom. The molecule has 2 rings (SSSR count). The number of hydrogen-bond donors (Lipinski definition) is 2. The zero-order chi connectivity index (χ0) is 13.1. The van der Waals surface area contributed by atoms with Gasteiger partial charge in [0.15, 0.2) is 5.69 Å². The molecule has 0 bridgehead atoms. The second-order valence-electron chi connectivity index (χ2n) is 3.51. The number of carboxylic acids is 1. The number of nitrogens with one attached hydrogen (secondary N) is 1. The fraction of sp³-hybridized carbons (Fsp3) is 0.0909. The average molecular weight is 247 g/mol. The number of carbonyl (C=O) groups is 2. The van der Waals surface area contributed by atoms with Gasteiger partial charge in [-0.05, 0) is 19.1 Å². The van der Waals surface area contributed by atoms with Crippen molar-refractivity contribution >= 4 is 17.6 Å². The molecular weight excluding hydrogens is 238 g/mol. The van der Waals surface area contributed by atoms with E-state index in [1.165, 1.54) is 24.4 Å². The molecule has 1 amide bonds. The normalized spacial score (nSPS) is 10.1. The highest BCUT2D eigenvalue weighted by Gasteiger charge is 2.12. The zero-order valence-electron chi connectivity index (χ0n) is 9.38. The molecule has 0 atom stereocenters. The summed E-state index contributed by atoms with van der Waals surface area (Å²) in [4.78, 5) is 26.1. The number of aromatic nitrogens is 2. The maximum absolute atomic E-state index is 11.7. The highest BCUT2D eigenvalue weighted by atomic mass is 16.5. The summed E-state index contributed by atoms with van der Waals surface area (Å²) in [6, 6.07) is 4.22. The molecule has 0 aliphatic carbocycles. The lowest BCUT2D eigenvalue weighted by atomic mass is 10.3. The number of hydrogen-bond acceptors (Lipinski definition) is 5. The van der Waals surface area contributed by atoms with Crippen LogP contribution in [0.5, 0.6) is 0 Å². The molecule has 0 unspecified atom stereocenters. The van der Waals surface area contributed by atoms with Crippen LogP contribution in [0.4, 0.5) is 5.69 Å². The van der Waals surface area contributed by atoms with Crippen LogP contribution < -0.4 is 5.32 Å². The minimum Gasteiger partial charge on any atom is -0.477 e. The number of nitrogens with zero attached hydrogens (tertiary/aromatic N) is 2. The van der Waals surface area contributed by atoms with Crippen molar-refractivity contribution in [3.63, 3.8) is 0 Å². The monoisotopic (exact) mass is 247 g/mol. The van der Waals surface area contributed by atoms with Crippen molar-refractivity contribution in [2.75, 3.05) is 5.32 Å². The van der Waals surface area contributed by atoms with Crippen LogP contribution in [-0.4, -0.2) is 27.1 Å². The van der Waals surface area contributed by atoms with Gasteiger partial charge >= 0.3 is 5.97 Å². The summed E-state index contributed by atoms with van der Waals surface area (Å²) in [5, 5.41) is 14.8. The summed E-state index contributed by atoms with van der Waals surface area (Å²) in [7, 11) is 0. The molecule has 18 heavy (non-hydrogen) atoms. The van der Waals surface area contributed by atoms with E-state index in [2.05, 4.69) is 15.5 Å². The Morgan fingerprint density at radius 2 is 2.11 bits per heavy atom. The molecule has 7 nitrogen and oxygen atoms in total. The Bertz CT molecular complexity index is 606. The molecule has 0 aliphatic rings. The van der Waals surface area contributed by atoms with Crippen LogP contribution in [0.15, 0.2) is 28.9 Å². The van der Waals surface area contributed by atoms with Gasteiger partial charge in [-0.2, -0.15) is 0 Å². The standard InChI is InChI=1S/C11H9N3O4/c1-6-4-8(14-18-6)10(15)13-7-2-3-12-9(5-7)11(16)17/h2-5H,1H3,(H,16,17)(H,12,13,15). The first kappa shape index (κ1) is 11.8. The van der Waals surface area contributed by atoms with Crippen LogP contribution in [0.2, 0.25) is 0 Å². The van der Waals surface area contributed by atoms with Crippen molar-refractivity contribution in [1.29, 1.82) is 0 Å². The Kier molecular flexibility index (Phi) is 3.05. The highest BCUT2D eigenvalue weighted by Crippen LogP contribution is 2.10. The molecule has 2 aromatic rings. The second kappa shape index (κ2) is 4.66. The maximum Gasteiger partial charge on any atom is 0.354 e. The van der Waals surface area contributed by atoms with Gasteiger partial charge in [0.1, 0.15) is 11.5 Å². The summed E-state index contributed by atoms with van der Waals surface area (Å²) in [6.45, 7) is 1.67. The topological polar surface area (TPSA) is 105 Å². The van der Waals surface area contributed by atoms with E-state index in [1.54, 1.807) is 6.92 Å². The fourth-order valence-electron chi connectivity index (χ4n) is 1.29. The van der Waals surface area contributed by atoms with E-state index in [9.17, 15) is 9.59 Å². The lowest BCUT2D eigenvalue weighted by Crippen LogP contribution is -2.13. The minimum absolute atomic E-state index is 0.126. The number of aromatic carboxylic acids is 1. The molecule has 0 saturated heterocycles. The third kappa shape index (κ3) is 2.51. The smallest absolute Gasteiger partial charge is 0.354 e. The first-order valence-corrected chi connectivity index (χ1v) is 5.00. The Morgan fingerprint density at radius 1 is 1.33 bits per heavy atom. The van der Waals surface area contributed by atoms with E-state index in [0.717, 1.165) is 0 Å². The van der Waals surface area contributed by atoms with E-state index < -0.39 is 11.9 Å². The van der Waals surface area contributed by atoms with Crippen molar-refractivity contribution in [3.05, 3.63) is 41.5 Å². The van der Waals surface area contributed by atoms with Crippen LogP contribution in [0.3, 0.4) is 0 Å². The largest absolute Gasteiger partial charge is 0.477 e. The Labute approximate surface area is 101 Å². The van der Waals surface area contributed by atoms with E-state index in [0.29, 0.717) is 11.4 Å². The van der Waals surface area contributed by atoms with Gasteiger partial charge < -0.3 is 14.9 Å². The second-order valence-corrected chi connectivity index (χ2v) is 3.51. The summed E-state index contributed by atoms with van der Waals surface area (Å²) in [6.07, 6.45) is 1.30. The van der Waals surface area contributed by atoms with Gasteiger partial charge in [0.05, 0.1) is 0 Å². The number of aryl methyl sites for hydroxylation is 1. The number of amides is 1. The molecule has 92 valence electrons. The quantitative estimate of drug-likeness (QED) is 0.847. The summed E-state index contributed by atoms with van der Waals surface area (Å²) in [5.74, 6) is -1.13. The van der Waals surface area contributed by atoms with E-state index >= 15 is 0 Å². The Balaban J connectivity index is 2.16. The van der Waals surface area contributed by atoms with E-state index in [-0.39, 0.29) is 11.4 Å². The lowest BCUT2D eigenvalue weighted by molar-refractivity contribution is 0.0690.